The van der Waals surface area contributed by atoms with E-state index in [4.69, 9.17) is 30.5 Å². The molecule has 0 bridgehead atoms. The Morgan fingerprint density at radius 1 is 0.805 bits per heavy atom. The highest BCUT2D eigenvalue weighted by Crippen LogP contribution is 2.42. The molecule has 1 aliphatic rings. The number of aromatic nitrogens is 3. The zero-order chi connectivity index (χ0) is 28.1. The summed E-state index contributed by atoms with van der Waals surface area (Å²) >= 11 is 6.11. The Morgan fingerprint density at radius 3 is 2.02 bits per heavy atom. The average Bonchev–Trinajstić information content (AvgIpc) is 3.55. The summed E-state index contributed by atoms with van der Waals surface area (Å²) < 4.78 is 26.9. The Morgan fingerprint density at radius 2 is 1.39 bits per heavy atom. The van der Waals surface area contributed by atoms with Gasteiger partial charge in [0.25, 0.3) is 0 Å². The van der Waals surface area contributed by atoms with Crippen LogP contribution >= 0.6 is 11.6 Å². The van der Waals surface area contributed by atoms with Crippen LogP contribution in [-0.2, 0) is 44.6 Å². The second-order valence-electron chi connectivity index (χ2n) is 9.84. The van der Waals surface area contributed by atoms with E-state index in [1.54, 1.807) is 12.1 Å². The minimum atomic E-state index is -1.95. The summed E-state index contributed by atoms with van der Waals surface area (Å²) in [5, 5.41) is 16.6. The van der Waals surface area contributed by atoms with Crippen LogP contribution in [0.1, 0.15) is 22.4 Å². The minimum Gasteiger partial charge on any atom is -0.374 e. The Hall–Kier alpha value is -3.63. The van der Waals surface area contributed by atoms with Gasteiger partial charge >= 0.3 is 0 Å². The molecule has 1 saturated heterocycles. The van der Waals surface area contributed by atoms with Gasteiger partial charge in [0, 0.05) is 0 Å². The molecule has 0 saturated carbocycles. The van der Waals surface area contributed by atoms with Gasteiger partial charge in [-0.05, 0) is 40.4 Å². The van der Waals surface area contributed by atoms with Crippen LogP contribution < -0.4 is 0 Å². The predicted octanol–water partition coefficient (Wildman–Crippen LogP) is 5.11. The van der Waals surface area contributed by atoms with E-state index in [9.17, 15) is 5.11 Å². The van der Waals surface area contributed by atoms with Crippen LogP contribution in [0.5, 0.6) is 0 Å². The average molecular weight is 571 g/mol. The summed E-state index contributed by atoms with van der Waals surface area (Å²) in [6.45, 7) is 1.06. The third-order valence-electron chi connectivity index (χ3n) is 7.00. The first-order valence-electron chi connectivity index (χ1n) is 13.4. The second kappa shape index (κ2) is 12.5. The molecule has 8 nitrogen and oxygen atoms in total. The summed E-state index contributed by atoms with van der Waals surface area (Å²) in [7, 11) is 0. The fourth-order valence-electron chi connectivity index (χ4n) is 5.01. The Kier molecular flexibility index (Phi) is 8.38. The van der Waals surface area contributed by atoms with Gasteiger partial charge in [-0.25, -0.2) is 9.50 Å². The summed E-state index contributed by atoms with van der Waals surface area (Å²) in [6.07, 6.45) is 0.533. The van der Waals surface area contributed by atoms with Crippen molar-refractivity contribution in [1.82, 2.24) is 14.6 Å². The molecular weight excluding hydrogens is 542 g/mol. The van der Waals surface area contributed by atoms with Crippen LogP contribution in [-0.4, -0.2) is 44.6 Å². The Balaban J connectivity index is 1.33. The van der Waals surface area contributed by atoms with Crippen LogP contribution in [0.4, 0.5) is 0 Å². The lowest BCUT2D eigenvalue weighted by atomic mass is 10.0. The van der Waals surface area contributed by atoms with Gasteiger partial charge in [-0.1, -0.05) is 91.0 Å². The van der Waals surface area contributed by atoms with E-state index in [1.807, 2.05) is 91.0 Å². The molecule has 3 heterocycles. The van der Waals surface area contributed by atoms with Crippen LogP contribution in [0.3, 0.4) is 0 Å². The lowest BCUT2D eigenvalue weighted by Crippen LogP contribution is -2.45. The molecule has 5 aromatic rings. The van der Waals surface area contributed by atoms with E-state index in [0.29, 0.717) is 24.4 Å². The number of nitrogens with zero attached hydrogens (tertiary/aromatic N) is 3. The molecule has 4 atom stereocenters. The molecular formula is C32H29ClN3O5. The van der Waals surface area contributed by atoms with Crippen LogP contribution in [0.15, 0.2) is 103 Å². The summed E-state index contributed by atoms with van der Waals surface area (Å²) in [4.78, 5) is 3.94. The van der Waals surface area contributed by atoms with Crippen molar-refractivity contribution in [3.8, 4) is 0 Å². The van der Waals surface area contributed by atoms with Crippen molar-refractivity contribution in [3.63, 3.8) is 0 Å². The lowest BCUT2D eigenvalue weighted by Gasteiger charge is -2.30. The van der Waals surface area contributed by atoms with Gasteiger partial charge in [0.2, 0.25) is 11.1 Å². The molecule has 6 rings (SSSR count). The third kappa shape index (κ3) is 6.18. The topological polar surface area (TPSA) is 87.3 Å². The highest BCUT2D eigenvalue weighted by atomic mass is 35.5. The molecule has 3 aromatic carbocycles. The maximum absolute atomic E-state index is 12.3. The van der Waals surface area contributed by atoms with Gasteiger partial charge in [-0.15, -0.1) is 5.10 Å². The molecule has 0 spiro atoms. The van der Waals surface area contributed by atoms with Crippen molar-refractivity contribution in [1.29, 1.82) is 0 Å². The van der Waals surface area contributed by atoms with Gasteiger partial charge in [-0.2, -0.15) is 0 Å². The molecule has 209 valence electrons. The SMILES string of the molecule is OC1(c2ccc3[c]nc(Cl)nn23)O[C@H](COCc2ccccc2)[C@@H](OCc2ccccc2)[C@H]1OCc1ccccc1. The number of fused-ring (bicyclic) bond motifs is 1. The van der Waals surface area contributed by atoms with Crippen LogP contribution in [0.25, 0.3) is 5.52 Å². The van der Waals surface area contributed by atoms with Crippen molar-refractivity contribution in [2.75, 3.05) is 6.61 Å². The molecule has 1 N–H and O–H groups in total. The molecule has 1 radical (unpaired) electrons. The van der Waals surface area contributed by atoms with E-state index in [1.165, 1.54) is 4.52 Å². The zero-order valence-electron chi connectivity index (χ0n) is 22.2. The zero-order valence-corrected chi connectivity index (χ0v) is 22.9. The van der Waals surface area contributed by atoms with E-state index < -0.39 is 24.1 Å². The summed E-state index contributed by atoms with van der Waals surface area (Å²) in [5.41, 5.74) is 3.80. The first-order valence-corrected chi connectivity index (χ1v) is 13.7. The molecule has 1 unspecified atom stereocenters. The number of hydrogen-bond acceptors (Lipinski definition) is 7. The largest absolute Gasteiger partial charge is 0.374 e. The molecule has 41 heavy (non-hydrogen) atoms. The number of benzene rings is 3. The Bertz CT molecular complexity index is 1550. The first kappa shape index (κ1) is 27.5. The molecule has 0 amide bonds. The van der Waals surface area contributed by atoms with Crippen LogP contribution in [0.2, 0.25) is 5.28 Å². The van der Waals surface area contributed by atoms with Gasteiger partial charge < -0.3 is 24.1 Å². The number of aliphatic hydroxyl groups is 1. The maximum atomic E-state index is 12.3. The third-order valence-corrected chi connectivity index (χ3v) is 7.16. The van der Waals surface area contributed by atoms with E-state index in [0.717, 1.165) is 16.7 Å². The molecule has 2 aromatic heterocycles. The quantitative estimate of drug-likeness (QED) is 0.236. The highest BCUT2D eigenvalue weighted by Gasteiger charge is 2.58. The van der Waals surface area contributed by atoms with Crippen molar-refractivity contribution in [2.45, 2.75) is 43.9 Å². The maximum Gasteiger partial charge on any atom is 0.241 e. The standard InChI is InChI=1S/C32H29ClN3O5/c33-31-34-18-26-16-17-28(36(26)35-31)32(37)30(40-21-25-14-8-3-9-15-25)29(39-20-24-12-6-2-7-13-24)27(41-32)22-38-19-23-10-4-1-5-11-23/h1-17,27,29-30,37H,19-22H2/t27-,29-,30-,32?/m1/s1. The van der Waals surface area contributed by atoms with Gasteiger partial charge in [-0.3, -0.25) is 0 Å². The number of ether oxygens (including phenoxy) is 4. The number of hydrogen-bond donors (Lipinski definition) is 1. The monoisotopic (exact) mass is 570 g/mol. The minimum absolute atomic E-state index is 0.0158. The lowest BCUT2D eigenvalue weighted by molar-refractivity contribution is -0.256. The number of rotatable bonds is 11. The normalized spacial score (nSPS) is 22.3. The highest BCUT2D eigenvalue weighted by molar-refractivity contribution is 6.28. The predicted molar refractivity (Wildman–Crippen MR) is 152 cm³/mol. The molecule has 1 aliphatic heterocycles. The van der Waals surface area contributed by atoms with E-state index >= 15 is 0 Å². The van der Waals surface area contributed by atoms with Gasteiger partial charge in [0.1, 0.15) is 30.2 Å². The number of halogens is 1. The molecule has 0 aliphatic carbocycles. The fraction of sp³-hybridized carbons (Fsp3) is 0.250. The Labute approximate surface area is 243 Å². The van der Waals surface area contributed by atoms with Crippen molar-refractivity contribution >= 4 is 17.1 Å². The second-order valence-corrected chi connectivity index (χ2v) is 10.2. The van der Waals surface area contributed by atoms with Crippen molar-refractivity contribution in [3.05, 3.63) is 137 Å². The first-order chi connectivity index (χ1) is 20.1. The van der Waals surface area contributed by atoms with Gasteiger partial charge in [0.15, 0.2) is 0 Å². The van der Waals surface area contributed by atoms with Crippen molar-refractivity contribution < 1.29 is 24.1 Å². The van der Waals surface area contributed by atoms with Gasteiger partial charge in [0.05, 0.1) is 31.9 Å². The van der Waals surface area contributed by atoms with E-state index in [2.05, 4.69) is 16.3 Å². The van der Waals surface area contributed by atoms with Crippen LogP contribution in [0, 0.1) is 6.20 Å². The molecule has 1 fully saturated rings. The molecule has 9 heteroatoms. The summed E-state index contributed by atoms with van der Waals surface area (Å²) in [5.74, 6) is -1.95. The van der Waals surface area contributed by atoms with Crippen molar-refractivity contribution in [2.24, 2.45) is 0 Å². The van der Waals surface area contributed by atoms with E-state index in [-0.39, 0.29) is 18.5 Å². The summed E-state index contributed by atoms with van der Waals surface area (Å²) in [6, 6.07) is 32.9. The fourth-order valence-corrected chi connectivity index (χ4v) is 5.13. The smallest absolute Gasteiger partial charge is 0.241 e.